The summed E-state index contributed by atoms with van der Waals surface area (Å²) < 4.78 is 5.35. The molecule has 0 radical (unpaired) electrons. The van der Waals surface area contributed by atoms with Gasteiger partial charge in [-0.05, 0) is 43.7 Å². The molecular formula is C20H21N3O2. The summed E-state index contributed by atoms with van der Waals surface area (Å²) in [6.07, 6.45) is 1.44. The summed E-state index contributed by atoms with van der Waals surface area (Å²) in [6.45, 7) is 5.05. The van der Waals surface area contributed by atoms with Gasteiger partial charge in [0, 0.05) is 18.4 Å². The fourth-order valence-electron chi connectivity index (χ4n) is 2.24. The van der Waals surface area contributed by atoms with Gasteiger partial charge in [0.05, 0.1) is 6.61 Å². The lowest BCUT2D eigenvalue weighted by Gasteiger charge is -2.07. The van der Waals surface area contributed by atoms with Gasteiger partial charge in [-0.25, -0.2) is 0 Å². The Kier molecular flexibility index (Phi) is 6.61. The molecular weight excluding hydrogens is 314 g/mol. The second kappa shape index (κ2) is 9.14. The Morgan fingerprint density at radius 1 is 1.24 bits per heavy atom. The molecule has 0 bridgehead atoms. The van der Waals surface area contributed by atoms with E-state index in [0.29, 0.717) is 18.8 Å². The molecule has 0 saturated heterocycles. The van der Waals surface area contributed by atoms with Crippen molar-refractivity contribution in [3.8, 4) is 11.8 Å². The molecule has 0 fully saturated rings. The lowest BCUT2D eigenvalue weighted by molar-refractivity contribution is -0.112. The number of rotatable bonds is 7. The van der Waals surface area contributed by atoms with Crippen molar-refractivity contribution in [3.63, 3.8) is 0 Å². The van der Waals surface area contributed by atoms with E-state index < -0.39 is 5.91 Å². The van der Waals surface area contributed by atoms with Gasteiger partial charge in [0.15, 0.2) is 0 Å². The molecule has 0 spiro atoms. The third-order valence-corrected chi connectivity index (χ3v) is 3.42. The van der Waals surface area contributed by atoms with Crippen LogP contribution >= 0.6 is 0 Å². The largest absolute Gasteiger partial charge is 0.494 e. The van der Waals surface area contributed by atoms with Crippen molar-refractivity contribution < 1.29 is 9.53 Å². The summed E-state index contributed by atoms with van der Waals surface area (Å²) in [5.41, 5.74) is 2.87. The molecule has 0 aromatic heterocycles. The lowest BCUT2D eigenvalue weighted by Crippen LogP contribution is -2.16. The van der Waals surface area contributed by atoms with Crippen LogP contribution in [0, 0.1) is 18.3 Å². The van der Waals surface area contributed by atoms with Crippen LogP contribution in [-0.4, -0.2) is 12.5 Å². The average Bonchev–Trinajstić information content (AvgIpc) is 2.60. The molecule has 2 rings (SSSR count). The Morgan fingerprint density at radius 2 is 2.00 bits per heavy atom. The normalized spacial score (nSPS) is 10.7. The van der Waals surface area contributed by atoms with Crippen LogP contribution in [-0.2, 0) is 11.3 Å². The summed E-state index contributed by atoms with van der Waals surface area (Å²) in [7, 11) is 0. The topological polar surface area (TPSA) is 74.1 Å². The van der Waals surface area contributed by atoms with E-state index in [2.05, 4.69) is 10.6 Å². The van der Waals surface area contributed by atoms with Gasteiger partial charge in [0.2, 0.25) is 0 Å². The van der Waals surface area contributed by atoms with Crippen molar-refractivity contribution in [2.45, 2.75) is 20.4 Å². The maximum absolute atomic E-state index is 12.2. The standard InChI is InChI=1S/C20H21N3O2/c1-3-25-19-9-7-18(8-10-19)23-20(24)17(12-21)14-22-13-16-6-4-5-15(2)11-16/h4-11,14,22H,3,13H2,1-2H3,(H,23,24)/b17-14-. The molecule has 0 unspecified atom stereocenters. The molecule has 2 N–H and O–H groups in total. The highest BCUT2D eigenvalue weighted by Crippen LogP contribution is 2.16. The second-order valence-electron chi connectivity index (χ2n) is 5.45. The number of aryl methyl sites for hydroxylation is 1. The van der Waals surface area contributed by atoms with Crippen LogP contribution in [0.4, 0.5) is 5.69 Å². The van der Waals surface area contributed by atoms with Crippen LogP contribution in [0.15, 0.2) is 60.3 Å². The predicted octanol–water partition coefficient (Wildman–Crippen LogP) is 3.53. The number of carbonyl (C=O) groups is 1. The molecule has 0 aliphatic carbocycles. The Hall–Kier alpha value is -3.26. The second-order valence-corrected chi connectivity index (χ2v) is 5.45. The molecule has 25 heavy (non-hydrogen) atoms. The first-order valence-electron chi connectivity index (χ1n) is 8.05. The van der Waals surface area contributed by atoms with E-state index in [1.54, 1.807) is 24.3 Å². The number of hydrogen-bond acceptors (Lipinski definition) is 4. The van der Waals surface area contributed by atoms with Gasteiger partial charge in [-0.2, -0.15) is 5.26 Å². The molecule has 128 valence electrons. The van der Waals surface area contributed by atoms with Gasteiger partial charge in [-0.1, -0.05) is 29.8 Å². The third kappa shape index (κ3) is 5.70. The predicted molar refractivity (Wildman–Crippen MR) is 98.0 cm³/mol. The van der Waals surface area contributed by atoms with E-state index >= 15 is 0 Å². The van der Waals surface area contributed by atoms with E-state index in [-0.39, 0.29) is 5.57 Å². The van der Waals surface area contributed by atoms with Crippen LogP contribution in [0.25, 0.3) is 0 Å². The Bertz CT molecular complexity index is 789. The van der Waals surface area contributed by atoms with Gasteiger partial charge in [-0.3, -0.25) is 4.79 Å². The van der Waals surface area contributed by atoms with Crippen molar-refractivity contribution in [1.82, 2.24) is 5.32 Å². The molecule has 0 aliphatic rings. The van der Waals surface area contributed by atoms with Gasteiger partial charge >= 0.3 is 0 Å². The highest BCUT2D eigenvalue weighted by molar-refractivity contribution is 6.06. The zero-order chi connectivity index (χ0) is 18.1. The van der Waals surface area contributed by atoms with Crippen molar-refractivity contribution >= 4 is 11.6 Å². The van der Waals surface area contributed by atoms with Crippen LogP contribution in [0.5, 0.6) is 5.75 Å². The Labute approximate surface area is 147 Å². The van der Waals surface area contributed by atoms with Gasteiger partial charge in [-0.15, -0.1) is 0 Å². The number of anilines is 1. The zero-order valence-electron chi connectivity index (χ0n) is 14.4. The Balaban J connectivity index is 1.94. The van der Waals surface area contributed by atoms with Crippen molar-refractivity contribution in [3.05, 3.63) is 71.4 Å². The molecule has 0 atom stereocenters. The maximum atomic E-state index is 12.2. The van der Waals surface area contributed by atoms with Gasteiger partial charge < -0.3 is 15.4 Å². The number of amides is 1. The molecule has 2 aromatic rings. The molecule has 5 nitrogen and oxygen atoms in total. The summed E-state index contributed by atoms with van der Waals surface area (Å²) in [6, 6.07) is 16.9. The number of nitriles is 1. The molecule has 0 saturated carbocycles. The fraction of sp³-hybridized carbons (Fsp3) is 0.200. The van der Waals surface area contributed by atoms with E-state index in [1.165, 1.54) is 6.20 Å². The van der Waals surface area contributed by atoms with Gasteiger partial charge in [0.25, 0.3) is 5.91 Å². The van der Waals surface area contributed by atoms with Crippen LogP contribution in [0.1, 0.15) is 18.1 Å². The van der Waals surface area contributed by atoms with E-state index in [4.69, 9.17) is 4.74 Å². The van der Waals surface area contributed by atoms with E-state index in [1.807, 2.05) is 44.2 Å². The molecule has 1 amide bonds. The van der Waals surface area contributed by atoms with Crippen molar-refractivity contribution in [2.24, 2.45) is 0 Å². The smallest absolute Gasteiger partial charge is 0.267 e. The van der Waals surface area contributed by atoms with Crippen molar-refractivity contribution in [1.29, 1.82) is 5.26 Å². The average molecular weight is 335 g/mol. The maximum Gasteiger partial charge on any atom is 0.267 e. The zero-order valence-corrected chi connectivity index (χ0v) is 14.4. The quantitative estimate of drug-likeness (QED) is 0.600. The first kappa shape index (κ1) is 18.1. The lowest BCUT2D eigenvalue weighted by atomic mass is 10.1. The third-order valence-electron chi connectivity index (χ3n) is 3.42. The monoisotopic (exact) mass is 335 g/mol. The summed E-state index contributed by atoms with van der Waals surface area (Å²) in [5, 5.41) is 14.9. The highest BCUT2D eigenvalue weighted by atomic mass is 16.5. The minimum absolute atomic E-state index is 0.0153. The van der Waals surface area contributed by atoms with Gasteiger partial charge in [0.1, 0.15) is 17.4 Å². The number of carbonyl (C=O) groups excluding carboxylic acids is 1. The van der Waals surface area contributed by atoms with Crippen molar-refractivity contribution in [2.75, 3.05) is 11.9 Å². The summed E-state index contributed by atoms with van der Waals surface area (Å²) >= 11 is 0. The van der Waals surface area contributed by atoms with Crippen LogP contribution in [0.2, 0.25) is 0 Å². The number of hydrogen-bond donors (Lipinski definition) is 2. The Morgan fingerprint density at radius 3 is 2.64 bits per heavy atom. The minimum atomic E-state index is -0.455. The molecule has 0 aliphatic heterocycles. The van der Waals surface area contributed by atoms with Crippen LogP contribution in [0.3, 0.4) is 0 Å². The summed E-state index contributed by atoms with van der Waals surface area (Å²) in [5.74, 6) is 0.278. The van der Waals surface area contributed by atoms with Crippen LogP contribution < -0.4 is 15.4 Å². The highest BCUT2D eigenvalue weighted by Gasteiger charge is 2.09. The van der Waals surface area contributed by atoms with E-state index in [0.717, 1.165) is 16.9 Å². The van der Waals surface area contributed by atoms with E-state index in [9.17, 15) is 10.1 Å². The first-order chi connectivity index (χ1) is 12.1. The number of nitrogens with zero attached hydrogens (tertiary/aromatic N) is 1. The fourth-order valence-corrected chi connectivity index (χ4v) is 2.24. The number of ether oxygens (including phenoxy) is 1. The molecule has 2 aromatic carbocycles. The molecule has 5 heteroatoms. The SMILES string of the molecule is CCOc1ccc(NC(=O)/C(C#N)=C\NCc2cccc(C)c2)cc1. The number of benzene rings is 2. The number of nitrogens with one attached hydrogen (secondary N) is 2. The summed E-state index contributed by atoms with van der Waals surface area (Å²) in [4.78, 5) is 12.2. The molecule has 0 heterocycles. The minimum Gasteiger partial charge on any atom is -0.494 e. The first-order valence-corrected chi connectivity index (χ1v) is 8.05.